The maximum atomic E-state index is 12.6. The van der Waals surface area contributed by atoms with Gasteiger partial charge < -0.3 is 20.5 Å². The molecule has 1 aliphatic rings. The number of aliphatic imine (C=N–C) groups is 1. The van der Waals surface area contributed by atoms with Gasteiger partial charge in [0.1, 0.15) is 18.2 Å². The van der Waals surface area contributed by atoms with Crippen LogP contribution in [0.5, 0.6) is 5.75 Å². The summed E-state index contributed by atoms with van der Waals surface area (Å²) >= 11 is 0. The van der Waals surface area contributed by atoms with Gasteiger partial charge >= 0.3 is 6.03 Å². The SMILES string of the molecule is COCCOc1ccc(CN2CCCC(/C(N)=N/C(=O)Nc3cccc4cnccc34)C2)cc1. The zero-order chi connectivity index (χ0) is 23.8. The second kappa shape index (κ2) is 11.6. The molecule has 1 aromatic heterocycles. The lowest BCUT2D eigenvalue weighted by molar-refractivity contribution is 0.146. The Balaban J connectivity index is 1.33. The van der Waals surface area contributed by atoms with Crippen LogP contribution in [-0.2, 0) is 11.3 Å². The molecule has 8 nitrogen and oxygen atoms in total. The van der Waals surface area contributed by atoms with Gasteiger partial charge in [-0.1, -0.05) is 24.3 Å². The van der Waals surface area contributed by atoms with Crippen LogP contribution in [0, 0.1) is 5.92 Å². The fraction of sp³-hybridized carbons (Fsp3) is 0.346. The van der Waals surface area contributed by atoms with Crippen LogP contribution >= 0.6 is 0 Å². The molecule has 0 aliphatic carbocycles. The Morgan fingerprint density at radius 1 is 1.21 bits per heavy atom. The third-order valence-electron chi connectivity index (χ3n) is 5.96. The summed E-state index contributed by atoms with van der Waals surface area (Å²) in [5.41, 5.74) is 8.18. The predicted octanol–water partition coefficient (Wildman–Crippen LogP) is 4.06. The summed E-state index contributed by atoms with van der Waals surface area (Å²) in [4.78, 5) is 23.2. The number of urea groups is 1. The summed E-state index contributed by atoms with van der Waals surface area (Å²) in [5, 5.41) is 4.73. The average Bonchev–Trinajstić information content (AvgIpc) is 2.86. The highest BCUT2D eigenvalue weighted by atomic mass is 16.5. The third-order valence-corrected chi connectivity index (χ3v) is 5.96. The van der Waals surface area contributed by atoms with Crippen molar-refractivity contribution >= 4 is 28.3 Å². The number of carbonyl (C=O) groups is 1. The van der Waals surface area contributed by atoms with E-state index in [1.165, 1.54) is 5.56 Å². The molecule has 2 aromatic carbocycles. The highest BCUT2D eigenvalue weighted by molar-refractivity contribution is 6.05. The second-order valence-electron chi connectivity index (χ2n) is 8.43. The number of piperidine rings is 1. The minimum Gasteiger partial charge on any atom is -0.491 e. The molecule has 0 bridgehead atoms. The number of ether oxygens (including phenoxy) is 2. The second-order valence-corrected chi connectivity index (χ2v) is 8.43. The van der Waals surface area contributed by atoms with Gasteiger partial charge in [-0.05, 0) is 49.2 Å². The summed E-state index contributed by atoms with van der Waals surface area (Å²) < 4.78 is 10.6. The van der Waals surface area contributed by atoms with Crippen molar-refractivity contribution < 1.29 is 14.3 Å². The number of nitrogens with one attached hydrogen (secondary N) is 1. The molecule has 178 valence electrons. The van der Waals surface area contributed by atoms with Crippen LogP contribution < -0.4 is 15.8 Å². The Morgan fingerprint density at radius 2 is 2.06 bits per heavy atom. The molecule has 0 spiro atoms. The number of anilines is 1. The minimum atomic E-state index is -0.456. The number of nitrogens with zero attached hydrogens (tertiary/aromatic N) is 3. The highest BCUT2D eigenvalue weighted by Gasteiger charge is 2.23. The zero-order valence-corrected chi connectivity index (χ0v) is 19.4. The molecule has 2 heterocycles. The van der Waals surface area contributed by atoms with Gasteiger partial charge in [0.25, 0.3) is 0 Å². The van der Waals surface area contributed by atoms with Crippen LogP contribution in [0.25, 0.3) is 10.8 Å². The highest BCUT2D eigenvalue weighted by Crippen LogP contribution is 2.23. The van der Waals surface area contributed by atoms with Gasteiger partial charge in [-0.3, -0.25) is 9.88 Å². The third kappa shape index (κ3) is 6.30. The van der Waals surface area contributed by atoms with Gasteiger partial charge in [0.15, 0.2) is 0 Å². The standard InChI is InChI=1S/C26H31N5O3/c1-33-14-15-34-22-9-7-19(8-10-22)17-31-13-3-5-21(18-31)25(27)30-26(32)29-24-6-2-4-20-16-28-12-11-23(20)24/h2,4,6-12,16,21H,3,5,13-15,17-18H2,1H3,(H3,27,29,30,32). The molecule has 1 fully saturated rings. The van der Waals surface area contributed by atoms with Crippen LogP contribution in [0.4, 0.5) is 10.5 Å². The number of hydrogen-bond acceptors (Lipinski definition) is 5. The molecule has 1 aliphatic heterocycles. The first-order valence-corrected chi connectivity index (χ1v) is 11.5. The maximum absolute atomic E-state index is 12.6. The molecule has 2 amide bonds. The number of rotatable bonds is 8. The Hall–Kier alpha value is -3.49. The summed E-state index contributed by atoms with van der Waals surface area (Å²) in [5.74, 6) is 1.26. The van der Waals surface area contributed by atoms with Crippen molar-refractivity contribution in [3.05, 3.63) is 66.5 Å². The monoisotopic (exact) mass is 461 g/mol. The Labute approximate surface area is 199 Å². The van der Waals surface area contributed by atoms with E-state index in [2.05, 4.69) is 32.3 Å². The van der Waals surface area contributed by atoms with Crippen molar-refractivity contribution in [2.24, 2.45) is 16.6 Å². The van der Waals surface area contributed by atoms with E-state index in [1.54, 1.807) is 19.5 Å². The van der Waals surface area contributed by atoms with Gasteiger partial charge in [-0.25, -0.2) is 4.79 Å². The van der Waals surface area contributed by atoms with Crippen molar-refractivity contribution in [1.82, 2.24) is 9.88 Å². The number of fused-ring (bicyclic) bond motifs is 1. The fourth-order valence-corrected chi connectivity index (χ4v) is 4.22. The first-order chi connectivity index (χ1) is 16.6. The summed E-state index contributed by atoms with van der Waals surface area (Å²) in [6.45, 7) is 3.68. The quantitative estimate of drug-likeness (QED) is 0.298. The van der Waals surface area contributed by atoms with Crippen molar-refractivity contribution in [2.75, 3.05) is 38.7 Å². The lowest BCUT2D eigenvalue weighted by Gasteiger charge is -2.32. The van der Waals surface area contributed by atoms with Crippen LogP contribution in [-0.4, -0.2) is 55.2 Å². The smallest absolute Gasteiger partial charge is 0.347 e. The normalized spacial score (nSPS) is 17.0. The number of carbonyl (C=O) groups excluding carboxylic acids is 1. The average molecular weight is 462 g/mol. The molecule has 0 radical (unpaired) electrons. The Bertz CT molecular complexity index is 1130. The molecule has 3 aromatic rings. The zero-order valence-electron chi connectivity index (χ0n) is 19.4. The number of methoxy groups -OCH3 is 1. The topological polar surface area (TPSA) is 102 Å². The lowest BCUT2D eigenvalue weighted by atomic mass is 9.96. The molecule has 1 unspecified atom stereocenters. The van der Waals surface area contributed by atoms with E-state index in [9.17, 15) is 4.79 Å². The van der Waals surface area contributed by atoms with Gasteiger partial charge in [0.2, 0.25) is 0 Å². The van der Waals surface area contributed by atoms with E-state index in [0.717, 1.165) is 49.0 Å². The maximum Gasteiger partial charge on any atom is 0.347 e. The van der Waals surface area contributed by atoms with Crippen molar-refractivity contribution in [3.63, 3.8) is 0 Å². The van der Waals surface area contributed by atoms with Gasteiger partial charge in [-0.15, -0.1) is 0 Å². The molecule has 1 atom stereocenters. The summed E-state index contributed by atoms with van der Waals surface area (Å²) in [7, 11) is 1.66. The van der Waals surface area contributed by atoms with Crippen LogP contribution in [0.2, 0.25) is 0 Å². The number of amides is 2. The number of likely N-dealkylation sites (tertiary alicyclic amines) is 1. The summed E-state index contributed by atoms with van der Waals surface area (Å²) in [6, 6.07) is 15.2. The molecule has 3 N–H and O–H groups in total. The number of hydrogen-bond donors (Lipinski definition) is 2. The molecule has 1 saturated heterocycles. The van der Waals surface area contributed by atoms with E-state index in [4.69, 9.17) is 15.2 Å². The molecule has 8 heteroatoms. The van der Waals surface area contributed by atoms with Gasteiger partial charge in [0, 0.05) is 49.3 Å². The first kappa shape index (κ1) is 23.7. The molecule has 34 heavy (non-hydrogen) atoms. The molecule has 0 saturated carbocycles. The van der Waals surface area contributed by atoms with E-state index >= 15 is 0 Å². The molecular weight excluding hydrogens is 430 g/mol. The van der Waals surface area contributed by atoms with E-state index in [-0.39, 0.29) is 5.92 Å². The van der Waals surface area contributed by atoms with Gasteiger partial charge in [-0.2, -0.15) is 4.99 Å². The number of nitrogens with two attached hydrogens (primary N) is 1. The van der Waals surface area contributed by atoms with Crippen LogP contribution in [0.1, 0.15) is 18.4 Å². The lowest BCUT2D eigenvalue weighted by Crippen LogP contribution is -2.41. The van der Waals surface area contributed by atoms with E-state index in [0.29, 0.717) is 24.7 Å². The number of pyridine rings is 1. The predicted molar refractivity (Wildman–Crippen MR) is 134 cm³/mol. The Morgan fingerprint density at radius 3 is 2.88 bits per heavy atom. The van der Waals surface area contributed by atoms with E-state index in [1.807, 2.05) is 36.4 Å². The van der Waals surface area contributed by atoms with E-state index < -0.39 is 6.03 Å². The largest absolute Gasteiger partial charge is 0.491 e. The Kier molecular flexibility index (Phi) is 8.06. The number of amidine groups is 1. The van der Waals surface area contributed by atoms with Gasteiger partial charge in [0.05, 0.1) is 12.3 Å². The van der Waals surface area contributed by atoms with Crippen molar-refractivity contribution in [1.29, 1.82) is 0 Å². The number of benzene rings is 2. The van der Waals surface area contributed by atoms with Crippen LogP contribution in [0.3, 0.4) is 0 Å². The first-order valence-electron chi connectivity index (χ1n) is 11.5. The van der Waals surface area contributed by atoms with Crippen LogP contribution in [0.15, 0.2) is 65.9 Å². The van der Waals surface area contributed by atoms with Crippen molar-refractivity contribution in [2.45, 2.75) is 19.4 Å². The molecule has 4 rings (SSSR count). The minimum absolute atomic E-state index is 0.0490. The van der Waals surface area contributed by atoms with Crippen molar-refractivity contribution in [3.8, 4) is 5.75 Å². The number of aromatic nitrogens is 1. The summed E-state index contributed by atoms with van der Waals surface area (Å²) in [6.07, 6.45) is 5.40. The fourth-order valence-electron chi connectivity index (χ4n) is 4.22. The molecular formula is C26H31N5O3.